The number of aliphatic hydroxyl groups is 1. The van der Waals surface area contributed by atoms with Crippen LogP contribution in [-0.4, -0.2) is 48.9 Å². The summed E-state index contributed by atoms with van der Waals surface area (Å²) in [5, 5.41) is 12.1. The minimum atomic E-state index is -4.24. The molecule has 0 aromatic heterocycles. The Kier molecular flexibility index (Phi) is 9.25. The number of carbonyl (C=O) groups is 1. The first-order valence-corrected chi connectivity index (χ1v) is 11.6. The number of ether oxygens (including phenoxy) is 2. The van der Waals surface area contributed by atoms with Gasteiger partial charge >= 0.3 is 13.7 Å². The third kappa shape index (κ3) is 7.32. The number of hydrogen-bond donors (Lipinski definition) is 2. The molecule has 0 radical (unpaired) electrons. The number of esters is 1. The van der Waals surface area contributed by atoms with Crippen LogP contribution < -0.4 is 9.61 Å². The summed E-state index contributed by atoms with van der Waals surface area (Å²) < 4.78 is 48.7. The smallest absolute Gasteiger partial charge is 0.459 e. The van der Waals surface area contributed by atoms with Crippen molar-refractivity contribution >= 4 is 13.7 Å². The van der Waals surface area contributed by atoms with E-state index in [1.54, 1.807) is 18.2 Å². The standard InChI is InChI=1S/C20H31FNO7P/c1-15(19(24)28-17-10-6-4-7-11-17)22-30(25,29-18-12-8-5-9-13-18)27-14-20(21,26-3)16(2)23/h5,8-9,12-13,15-17,23H,4,6-7,10-11,14H2,1-3H3,(H,22,25)/t15?,16-,20+,30?/m0/s1. The molecule has 1 saturated carbocycles. The highest BCUT2D eigenvalue weighted by atomic mass is 31.2. The van der Waals surface area contributed by atoms with Crippen molar-refractivity contribution in [2.75, 3.05) is 13.7 Å². The van der Waals surface area contributed by atoms with Gasteiger partial charge in [-0.25, -0.2) is 8.96 Å². The van der Waals surface area contributed by atoms with E-state index in [4.69, 9.17) is 13.8 Å². The van der Waals surface area contributed by atoms with Crippen LogP contribution in [0.3, 0.4) is 0 Å². The van der Waals surface area contributed by atoms with E-state index >= 15 is 0 Å². The highest BCUT2D eigenvalue weighted by Crippen LogP contribution is 2.46. The van der Waals surface area contributed by atoms with Gasteiger partial charge in [-0.05, 0) is 51.7 Å². The van der Waals surface area contributed by atoms with E-state index < -0.39 is 38.3 Å². The molecule has 4 atom stereocenters. The van der Waals surface area contributed by atoms with Crippen LogP contribution in [-0.2, 0) is 23.4 Å². The van der Waals surface area contributed by atoms with E-state index in [9.17, 15) is 18.9 Å². The van der Waals surface area contributed by atoms with Crippen molar-refractivity contribution in [1.29, 1.82) is 0 Å². The second-order valence-corrected chi connectivity index (χ2v) is 9.08. The largest absolute Gasteiger partial charge is 0.461 e. The molecule has 0 amide bonds. The highest BCUT2D eigenvalue weighted by Gasteiger charge is 2.41. The lowest BCUT2D eigenvalue weighted by Crippen LogP contribution is -2.43. The van der Waals surface area contributed by atoms with Gasteiger partial charge in [-0.3, -0.25) is 9.32 Å². The van der Waals surface area contributed by atoms with Crippen molar-refractivity contribution in [3.05, 3.63) is 30.3 Å². The summed E-state index contributed by atoms with van der Waals surface area (Å²) in [7, 11) is -3.18. The number of carbonyl (C=O) groups excluding carboxylic acids is 1. The first kappa shape index (κ1) is 24.8. The molecule has 170 valence electrons. The van der Waals surface area contributed by atoms with Gasteiger partial charge in [-0.1, -0.05) is 24.6 Å². The third-order valence-electron chi connectivity index (χ3n) is 4.90. The maximum atomic E-state index is 14.6. The molecular weight excluding hydrogens is 416 g/mol. The third-order valence-corrected chi connectivity index (χ3v) is 6.53. The van der Waals surface area contributed by atoms with Crippen molar-refractivity contribution in [2.45, 2.75) is 70.1 Å². The number of hydrogen-bond acceptors (Lipinski definition) is 7. The van der Waals surface area contributed by atoms with E-state index in [0.29, 0.717) is 0 Å². The molecule has 0 spiro atoms. The molecule has 0 saturated heterocycles. The number of methoxy groups -OCH3 is 1. The number of halogens is 1. The molecule has 10 heteroatoms. The molecular formula is C20H31FNO7P. The van der Waals surface area contributed by atoms with Gasteiger partial charge in [0.05, 0.1) is 0 Å². The summed E-state index contributed by atoms with van der Waals surface area (Å²) in [6, 6.07) is 7.09. The summed E-state index contributed by atoms with van der Waals surface area (Å²) in [6.07, 6.45) is 2.96. The number of alkyl halides is 1. The summed E-state index contributed by atoms with van der Waals surface area (Å²) >= 11 is 0. The van der Waals surface area contributed by atoms with Gasteiger partial charge in [0.15, 0.2) is 0 Å². The van der Waals surface area contributed by atoms with Crippen molar-refractivity contribution in [1.82, 2.24) is 5.09 Å². The van der Waals surface area contributed by atoms with Gasteiger partial charge < -0.3 is 19.1 Å². The second-order valence-electron chi connectivity index (χ2n) is 7.39. The van der Waals surface area contributed by atoms with Crippen molar-refractivity contribution in [2.24, 2.45) is 0 Å². The molecule has 1 fully saturated rings. The Bertz CT molecular complexity index is 714. The zero-order valence-electron chi connectivity index (χ0n) is 17.6. The van der Waals surface area contributed by atoms with Crippen LogP contribution in [0.2, 0.25) is 0 Å². The van der Waals surface area contributed by atoms with Gasteiger partial charge in [0.25, 0.3) is 5.85 Å². The molecule has 0 heterocycles. The SMILES string of the molecule is CO[C@](F)(COP(=O)(NC(C)C(=O)OC1CCCCC1)Oc1ccccc1)[C@H](C)O. The van der Waals surface area contributed by atoms with Crippen molar-refractivity contribution in [3.8, 4) is 5.75 Å². The van der Waals surface area contributed by atoms with Crippen LogP contribution in [0.5, 0.6) is 5.75 Å². The predicted molar refractivity (Wildman–Crippen MR) is 109 cm³/mol. The van der Waals surface area contributed by atoms with Crippen molar-refractivity contribution < 1.29 is 37.4 Å². The maximum Gasteiger partial charge on any atom is 0.459 e. The molecule has 1 aliphatic rings. The van der Waals surface area contributed by atoms with Crippen LogP contribution in [0.4, 0.5) is 4.39 Å². The average molecular weight is 447 g/mol. The molecule has 8 nitrogen and oxygen atoms in total. The van der Waals surface area contributed by atoms with Crippen LogP contribution in [0.15, 0.2) is 30.3 Å². The molecule has 2 unspecified atom stereocenters. The second kappa shape index (κ2) is 11.2. The van der Waals surface area contributed by atoms with E-state index in [1.807, 2.05) is 0 Å². The number of nitrogens with one attached hydrogen (secondary N) is 1. The Hall–Kier alpha value is -1.51. The molecule has 1 aliphatic carbocycles. The van der Waals surface area contributed by atoms with Gasteiger partial charge in [0, 0.05) is 7.11 Å². The van der Waals surface area contributed by atoms with Crippen molar-refractivity contribution in [3.63, 3.8) is 0 Å². The maximum absolute atomic E-state index is 14.6. The first-order valence-electron chi connectivity index (χ1n) is 10.1. The Labute approximate surface area is 176 Å². The number of aliphatic hydroxyl groups excluding tert-OH is 1. The lowest BCUT2D eigenvalue weighted by atomic mass is 9.98. The van der Waals surface area contributed by atoms with Gasteiger partial charge in [0.1, 0.15) is 30.6 Å². The molecule has 30 heavy (non-hydrogen) atoms. The fourth-order valence-electron chi connectivity index (χ4n) is 2.97. The van der Waals surface area contributed by atoms with E-state index in [1.165, 1.54) is 26.0 Å². The van der Waals surface area contributed by atoms with E-state index in [-0.39, 0.29) is 11.9 Å². The lowest BCUT2D eigenvalue weighted by molar-refractivity contribution is -0.202. The Balaban J connectivity index is 2.09. The normalized spacial score (nSPS) is 21.1. The van der Waals surface area contributed by atoms with Crippen LogP contribution in [0.1, 0.15) is 46.0 Å². The molecule has 0 aliphatic heterocycles. The molecule has 1 aromatic rings. The van der Waals surface area contributed by atoms with Gasteiger partial charge in [0.2, 0.25) is 0 Å². The topological polar surface area (TPSA) is 103 Å². The Morgan fingerprint density at radius 2 is 1.90 bits per heavy atom. The van der Waals surface area contributed by atoms with E-state index in [0.717, 1.165) is 39.2 Å². The summed E-state index contributed by atoms with van der Waals surface area (Å²) in [6.45, 7) is 1.75. The fourth-order valence-corrected chi connectivity index (χ4v) is 4.48. The molecule has 2 rings (SSSR count). The Morgan fingerprint density at radius 3 is 2.47 bits per heavy atom. The van der Waals surface area contributed by atoms with Gasteiger partial charge in [-0.15, -0.1) is 0 Å². The van der Waals surface area contributed by atoms with Crippen LogP contribution in [0, 0.1) is 0 Å². The lowest BCUT2D eigenvalue weighted by Gasteiger charge is -2.29. The highest BCUT2D eigenvalue weighted by molar-refractivity contribution is 7.52. The molecule has 1 aromatic carbocycles. The zero-order valence-corrected chi connectivity index (χ0v) is 18.5. The quantitative estimate of drug-likeness (QED) is 0.391. The fraction of sp³-hybridized carbons (Fsp3) is 0.650. The monoisotopic (exact) mass is 447 g/mol. The summed E-state index contributed by atoms with van der Waals surface area (Å²) in [4.78, 5) is 12.5. The average Bonchev–Trinajstić information content (AvgIpc) is 2.73. The number of benzene rings is 1. The van der Waals surface area contributed by atoms with E-state index in [2.05, 4.69) is 9.82 Å². The first-order chi connectivity index (χ1) is 14.2. The molecule has 2 N–H and O–H groups in total. The van der Waals surface area contributed by atoms with Gasteiger partial charge in [-0.2, -0.15) is 5.09 Å². The summed E-state index contributed by atoms with van der Waals surface area (Å²) in [5.41, 5.74) is 0. The van der Waals surface area contributed by atoms with Crippen LogP contribution in [0.25, 0.3) is 0 Å². The minimum Gasteiger partial charge on any atom is -0.461 e. The Morgan fingerprint density at radius 1 is 1.27 bits per heavy atom. The number of rotatable bonds is 11. The number of para-hydroxylation sites is 1. The molecule has 0 bridgehead atoms. The van der Waals surface area contributed by atoms with Crippen LogP contribution >= 0.6 is 7.75 Å². The summed E-state index contributed by atoms with van der Waals surface area (Å²) in [5.74, 6) is -3.01. The zero-order chi connectivity index (χ0) is 22.2. The minimum absolute atomic E-state index is 0.173. The predicted octanol–water partition coefficient (Wildman–Crippen LogP) is 3.74.